The SMILES string of the molecule is CC(=O)Nc1ccc(F)c(NS(=O)(=O)c2cnc(C)[nH]2)c1. The molecule has 2 rings (SSSR count). The number of carbonyl (C=O) groups excluding carboxylic acids is 1. The number of H-pyrrole nitrogens is 1. The molecule has 0 aliphatic carbocycles. The number of imidazole rings is 1. The molecule has 0 unspecified atom stereocenters. The number of nitrogens with zero attached hydrogens (tertiary/aromatic N) is 1. The highest BCUT2D eigenvalue weighted by Crippen LogP contribution is 2.22. The Kier molecular flexibility index (Phi) is 3.94. The predicted octanol–water partition coefficient (Wildman–Crippen LogP) is 1.62. The summed E-state index contributed by atoms with van der Waals surface area (Å²) < 4.78 is 39.9. The molecule has 0 atom stereocenters. The van der Waals surface area contributed by atoms with Crippen molar-refractivity contribution >= 4 is 27.3 Å². The van der Waals surface area contributed by atoms with Crippen molar-refractivity contribution in [3.8, 4) is 0 Å². The number of aromatic nitrogens is 2. The van der Waals surface area contributed by atoms with E-state index < -0.39 is 15.8 Å². The lowest BCUT2D eigenvalue weighted by atomic mass is 10.2. The standard InChI is InChI=1S/C12H13FN4O3S/c1-7-14-6-12(15-7)21(19,20)17-11-5-9(16-8(2)18)3-4-10(11)13/h3-6,17H,1-2H3,(H,14,15)(H,16,18). The van der Waals surface area contributed by atoms with Gasteiger partial charge in [0, 0.05) is 12.6 Å². The number of nitrogens with one attached hydrogen (secondary N) is 3. The Bertz CT molecular complexity index is 786. The van der Waals surface area contributed by atoms with Crippen molar-refractivity contribution < 1.29 is 17.6 Å². The number of hydrogen-bond donors (Lipinski definition) is 3. The van der Waals surface area contributed by atoms with Crippen LogP contribution in [0.5, 0.6) is 0 Å². The molecule has 1 aromatic carbocycles. The fourth-order valence-electron chi connectivity index (χ4n) is 1.62. The number of halogens is 1. The van der Waals surface area contributed by atoms with Crippen LogP contribution in [0.15, 0.2) is 29.4 Å². The van der Waals surface area contributed by atoms with Gasteiger partial charge in [-0.15, -0.1) is 0 Å². The van der Waals surface area contributed by atoms with E-state index >= 15 is 0 Å². The van der Waals surface area contributed by atoms with Crippen molar-refractivity contribution in [3.05, 3.63) is 36.0 Å². The van der Waals surface area contributed by atoms with Crippen LogP contribution >= 0.6 is 0 Å². The minimum absolute atomic E-state index is 0.177. The molecule has 0 bridgehead atoms. The number of sulfonamides is 1. The highest BCUT2D eigenvalue weighted by Gasteiger charge is 2.18. The Balaban J connectivity index is 2.32. The van der Waals surface area contributed by atoms with Gasteiger partial charge in [-0.25, -0.2) is 9.37 Å². The zero-order valence-corrected chi connectivity index (χ0v) is 12.1. The average Bonchev–Trinajstić information content (AvgIpc) is 2.80. The van der Waals surface area contributed by atoms with E-state index in [1.54, 1.807) is 6.92 Å². The van der Waals surface area contributed by atoms with Crippen LogP contribution < -0.4 is 10.0 Å². The van der Waals surface area contributed by atoms with Crippen LogP contribution in [0.3, 0.4) is 0 Å². The minimum atomic E-state index is -3.98. The number of anilines is 2. The second kappa shape index (κ2) is 5.52. The van der Waals surface area contributed by atoms with E-state index in [1.807, 2.05) is 0 Å². The molecular weight excluding hydrogens is 299 g/mol. The molecule has 9 heteroatoms. The van der Waals surface area contributed by atoms with Crippen LogP contribution in [0.25, 0.3) is 0 Å². The van der Waals surface area contributed by atoms with Gasteiger partial charge in [-0.3, -0.25) is 9.52 Å². The third-order valence-corrected chi connectivity index (χ3v) is 3.78. The Morgan fingerprint density at radius 3 is 2.67 bits per heavy atom. The fourth-order valence-corrected chi connectivity index (χ4v) is 2.65. The smallest absolute Gasteiger partial charge is 0.279 e. The van der Waals surface area contributed by atoms with E-state index in [1.165, 1.54) is 19.1 Å². The van der Waals surface area contributed by atoms with Gasteiger partial charge in [-0.05, 0) is 25.1 Å². The van der Waals surface area contributed by atoms with Crippen LogP contribution in [0.2, 0.25) is 0 Å². The summed E-state index contributed by atoms with van der Waals surface area (Å²) in [6.45, 7) is 2.89. The zero-order valence-electron chi connectivity index (χ0n) is 11.3. The lowest BCUT2D eigenvalue weighted by Crippen LogP contribution is -2.15. The fraction of sp³-hybridized carbons (Fsp3) is 0.167. The third-order valence-electron chi connectivity index (χ3n) is 2.50. The number of rotatable bonds is 4. The molecule has 1 aromatic heterocycles. The number of aryl methyl sites for hydroxylation is 1. The molecule has 1 amide bonds. The van der Waals surface area contributed by atoms with Crippen LogP contribution in [0, 0.1) is 12.7 Å². The molecule has 21 heavy (non-hydrogen) atoms. The van der Waals surface area contributed by atoms with Crippen LogP contribution in [0.1, 0.15) is 12.7 Å². The molecule has 0 aliphatic heterocycles. The Morgan fingerprint density at radius 1 is 1.38 bits per heavy atom. The first-order chi connectivity index (χ1) is 9.78. The summed E-state index contributed by atoms with van der Waals surface area (Å²) in [5.41, 5.74) is 0.0101. The summed E-state index contributed by atoms with van der Waals surface area (Å²) in [5.74, 6) is -0.689. The molecule has 7 nitrogen and oxygen atoms in total. The number of carbonyl (C=O) groups is 1. The molecule has 3 N–H and O–H groups in total. The molecule has 0 saturated heterocycles. The third kappa shape index (κ3) is 3.57. The lowest BCUT2D eigenvalue weighted by Gasteiger charge is -2.09. The number of hydrogen-bond acceptors (Lipinski definition) is 4. The van der Waals surface area contributed by atoms with Crippen LogP contribution in [0.4, 0.5) is 15.8 Å². The van der Waals surface area contributed by atoms with Gasteiger partial charge in [0.05, 0.1) is 11.9 Å². The maximum atomic E-state index is 13.7. The normalized spacial score (nSPS) is 11.2. The van der Waals surface area contributed by atoms with Gasteiger partial charge in [-0.2, -0.15) is 8.42 Å². The van der Waals surface area contributed by atoms with Gasteiger partial charge in [0.15, 0.2) is 5.03 Å². The monoisotopic (exact) mass is 312 g/mol. The summed E-state index contributed by atoms with van der Waals surface area (Å²) in [5, 5.41) is 2.26. The Labute approximate surface area is 120 Å². The second-order valence-corrected chi connectivity index (χ2v) is 5.96. The molecular formula is C12H13FN4O3S. The van der Waals surface area contributed by atoms with E-state index in [2.05, 4.69) is 20.0 Å². The molecule has 0 saturated carbocycles. The van der Waals surface area contributed by atoms with Crippen molar-refractivity contribution in [2.45, 2.75) is 18.9 Å². The Morgan fingerprint density at radius 2 is 2.10 bits per heavy atom. The molecule has 0 aliphatic rings. The maximum Gasteiger partial charge on any atom is 0.279 e. The number of aromatic amines is 1. The first-order valence-corrected chi connectivity index (χ1v) is 7.38. The maximum absolute atomic E-state index is 13.7. The second-order valence-electron chi connectivity index (χ2n) is 4.31. The van der Waals surface area contributed by atoms with Crippen molar-refractivity contribution in [1.82, 2.24) is 9.97 Å². The van der Waals surface area contributed by atoms with Gasteiger partial charge in [0.1, 0.15) is 11.6 Å². The van der Waals surface area contributed by atoms with E-state index in [-0.39, 0.29) is 22.3 Å². The van der Waals surface area contributed by atoms with E-state index in [4.69, 9.17) is 0 Å². The van der Waals surface area contributed by atoms with Crippen molar-refractivity contribution in [1.29, 1.82) is 0 Å². The van der Waals surface area contributed by atoms with Gasteiger partial charge in [0.2, 0.25) is 5.91 Å². The summed E-state index contributed by atoms with van der Waals surface area (Å²) in [6.07, 6.45) is 1.13. The summed E-state index contributed by atoms with van der Waals surface area (Å²) in [4.78, 5) is 17.3. The molecule has 1 heterocycles. The molecule has 0 radical (unpaired) electrons. The quantitative estimate of drug-likeness (QED) is 0.798. The van der Waals surface area contributed by atoms with Crippen LogP contribution in [-0.2, 0) is 14.8 Å². The zero-order chi connectivity index (χ0) is 15.6. The van der Waals surface area contributed by atoms with Gasteiger partial charge < -0.3 is 10.3 Å². The summed E-state index contributed by atoms with van der Waals surface area (Å²) in [7, 11) is -3.98. The van der Waals surface area contributed by atoms with Gasteiger partial charge in [0.25, 0.3) is 10.0 Å². The topological polar surface area (TPSA) is 104 Å². The van der Waals surface area contributed by atoms with Gasteiger partial charge in [-0.1, -0.05) is 0 Å². The highest BCUT2D eigenvalue weighted by atomic mass is 32.2. The van der Waals surface area contributed by atoms with Crippen molar-refractivity contribution in [2.24, 2.45) is 0 Å². The first-order valence-electron chi connectivity index (χ1n) is 5.89. The van der Waals surface area contributed by atoms with E-state index in [0.29, 0.717) is 5.82 Å². The average molecular weight is 312 g/mol. The molecule has 0 fully saturated rings. The molecule has 2 aromatic rings. The van der Waals surface area contributed by atoms with Crippen molar-refractivity contribution in [2.75, 3.05) is 10.0 Å². The lowest BCUT2D eigenvalue weighted by molar-refractivity contribution is -0.114. The van der Waals surface area contributed by atoms with E-state index in [0.717, 1.165) is 12.3 Å². The summed E-state index contributed by atoms with van der Waals surface area (Å²) >= 11 is 0. The Hall–Kier alpha value is -2.42. The molecule has 0 spiro atoms. The number of amides is 1. The van der Waals surface area contributed by atoms with E-state index in [9.17, 15) is 17.6 Å². The largest absolute Gasteiger partial charge is 0.332 e. The minimum Gasteiger partial charge on any atom is -0.332 e. The number of benzene rings is 1. The van der Waals surface area contributed by atoms with Crippen LogP contribution in [-0.4, -0.2) is 24.3 Å². The van der Waals surface area contributed by atoms with Crippen molar-refractivity contribution in [3.63, 3.8) is 0 Å². The highest BCUT2D eigenvalue weighted by molar-refractivity contribution is 7.92. The summed E-state index contributed by atoms with van der Waals surface area (Å²) in [6, 6.07) is 3.58. The van der Waals surface area contributed by atoms with Gasteiger partial charge >= 0.3 is 0 Å². The predicted molar refractivity (Wildman–Crippen MR) is 74.8 cm³/mol. The molecule has 112 valence electrons. The first kappa shape index (κ1) is 15.0.